The van der Waals surface area contributed by atoms with Crippen LogP contribution in [-0.4, -0.2) is 35.2 Å². The summed E-state index contributed by atoms with van der Waals surface area (Å²) in [7, 11) is 0. The monoisotopic (exact) mass is 215 g/mol. The lowest BCUT2D eigenvalue weighted by atomic mass is 10.1. The molecule has 0 aromatic rings. The second-order valence-corrected chi connectivity index (χ2v) is 4.46. The van der Waals surface area contributed by atoms with Crippen LogP contribution in [-0.2, 0) is 0 Å². The van der Waals surface area contributed by atoms with Crippen molar-refractivity contribution in [3.63, 3.8) is 0 Å². The number of hydrogen-bond acceptors (Lipinski definition) is 2. The number of nitrogens with zero attached hydrogens (tertiary/aromatic N) is 1. The highest BCUT2D eigenvalue weighted by atomic mass is 16.3. The van der Waals surface area contributed by atoms with Gasteiger partial charge < -0.3 is 5.11 Å². The van der Waals surface area contributed by atoms with Crippen LogP contribution in [0.3, 0.4) is 0 Å². The Hall–Kier alpha value is -0.0800. The van der Waals surface area contributed by atoms with Crippen LogP contribution in [0.25, 0.3) is 0 Å². The number of hydrogen-bond donors (Lipinski definition) is 1. The van der Waals surface area contributed by atoms with Crippen LogP contribution in [0.2, 0.25) is 0 Å². The van der Waals surface area contributed by atoms with Gasteiger partial charge in [-0.3, -0.25) is 4.90 Å². The van der Waals surface area contributed by atoms with E-state index in [2.05, 4.69) is 32.6 Å². The van der Waals surface area contributed by atoms with Gasteiger partial charge in [0, 0.05) is 6.04 Å². The van der Waals surface area contributed by atoms with Crippen LogP contribution in [0, 0.1) is 0 Å². The van der Waals surface area contributed by atoms with Gasteiger partial charge in [-0.25, -0.2) is 0 Å². The Balaban J connectivity index is 4.06. The predicted molar refractivity (Wildman–Crippen MR) is 67.1 cm³/mol. The summed E-state index contributed by atoms with van der Waals surface area (Å²) >= 11 is 0. The number of aliphatic hydroxyl groups is 1. The van der Waals surface area contributed by atoms with Gasteiger partial charge in [0.1, 0.15) is 0 Å². The Morgan fingerprint density at radius 1 is 1.00 bits per heavy atom. The first kappa shape index (κ1) is 14.9. The third-order valence-electron chi connectivity index (χ3n) is 3.15. The molecule has 0 saturated heterocycles. The summed E-state index contributed by atoms with van der Waals surface area (Å²) in [5, 5.41) is 9.85. The van der Waals surface area contributed by atoms with Crippen LogP contribution in [0.15, 0.2) is 0 Å². The molecule has 0 rings (SSSR count). The summed E-state index contributed by atoms with van der Waals surface area (Å²) in [6.45, 7) is 10.9. The van der Waals surface area contributed by atoms with Gasteiger partial charge in [0.05, 0.1) is 6.10 Å². The first-order chi connectivity index (χ1) is 7.17. The number of rotatable bonds is 9. The molecule has 2 nitrogen and oxygen atoms in total. The van der Waals surface area contributed by atoms with E-state index in [-0.39, 0.29) is 6.10 Å². The second kappa shape index (κ2) is 9.17. The predicted octanol–water partition coefficient (Wildman–Crippen LogP) is 3.05. The maximum absolute atomic E-state index is 9.85. The molecule has 0 aliphatic heterocycles. The van der Waals surface area contributed by atoms with Crippen molar-refractivity contribution in [2.24, 2.45) is 0 Å². The fraction of sp³-hybridized carbons (Fsp3) is 1.00. The lowest BCUT2D eigenvalue weighted by Crippen LogP contribution is -2.42. The quantitative estimate of drug-likeness (QED) is 0.639. The molecule has 0 heterocycles. The van der Waals surface area contributed by atoms with E-state index >= 15 is 0 Å². The van der Waals surface area contributed by atoms with Gasteiger partial charge >= 0.3 is 0 Å². The first-order valence-electron chi connectivity index (χ1n) is 6.59. The molecule has 0 bridgehead atoms. The maximum atomic E-state index is 9.85. The molecule has 0 aliphatic rings. The molecule has 15 heavy (non-hydrogen) atoms. The Bertz CT molecular complexity index is 130. The maximum Gasteiger partial charge on any atom is 0.0690 e. The molecule has 0 aliphatic carbocycles. The molecular weight excluding hydrogens is 186 g/mol. The summed E-state index contributed by atoms with van der Waals surface area (Å²) < 4.78 is 0. The van der Waals surface area contributed by atoms with Crippen molar-refractivity contribution in [1.82, 2.24) is 4.90 Å². The Labute approximate surface area is 95.7 Å². The fourth-order valence-corrected chi connectivity index (χ4v) is 1.83. The molecule has 0 aromatic heterocycles. The normalized spacial score (nSPS) is 15.6. The molecule has 2 atom stereocenters. The fourth-order valence-electron chi connectivity index (χ4n) is 1.83. The van der Waals surface area contributed by atoms with E-state index in [9.17, 15) is 5.11 Å². The standard InChI is InChI=1S/C13H29NO/c1-5-8-10-14(11-9-6-2)12(4)13(15)7-3/h12-13,15H,5-11H2,1-4H3. The molecule has 92 valence electrons. The van der Waals surface area contributed by atoms with Crippen LogP contribution < -0.4 is 0 Å². The summed E-state index contributed by atoms with van der Waals surface area (Å²) in [6, 6.07) is 0.313. The summed E-state index contributed by atoms with van der Waals surface area (Å²) in [6.07, 6.45) is 5.64. The zero-order chi connectivity index (χ0) is 11.7. The minimum Gasteiger partial charge on any atom is -0.392 e. The highest BCUT2D eigenvalue weighted by Gasteiger charge is 2.19. The Morgan fingerprint density at radius 2 is 1.47 bits per heavy atom. The van der Waals surface area contributed by atoms with Crippen LogP contribution in [0.1, 0.15) is 59.8 Å². The smallest absolute Gasteiger partial charge is 0.0690 e. The Morgan fingerprint density at radius 3 is 1.80 bits per heavy atom. The first-order valence-corrected chi connectivity index (χ1v) is 6.59. The van der Waals surface area contributed by atoms with Crippen molar-refractivity contribution >= 4 is 0 Å². The lowest BCUT2D eigenvalue weighted by Gasteiger charge is -2.32. The van der Waals surface area contributed by atoms with Crippen molar-refractivity contribution in [2.45, 2.75) is 71.9 Å². The van der Waals surface area contributed by atoms with E-state index in [1.165, 1.54) is 25.7 Å². The molecule has 2 heteroatoms. The largest absolute Gasteiger partial charge is 0.392 e. The van der Waals surface area contributed by atoms with Gasteiger partial charge in [-0.2, -0.15) is 0 Å². The van der Waals surface area contributed by atoms with Gasteiger partial charge in [0.2, 0.25) is 0 Å². The zero-order valence-electron chi connectivity index (χ0n) is 11.0. The minimum absolute atomic E-state index is 0.168. The topological polar surface area (TPSA) is 23.5 Å². The van der Waals surface area contributed by atoms with Gasteiger partial charge in [-0.05, 0) is 39.3 Å². The average Bonchev–Trinajstić information content (AvgIpc) is 2.27. The third kappa shape index (κ3) is 6.16. The van der Waals surface area contributed by atoms with Crippen molar-refractivity contribution < 1.29 is 5.11 Å². The van der Waals surface area contributed by atoms with E-state index in [0.29, 0.717) is 6.04 Å². The van der Waals surface area contributed by atoms with Gasteiger partial charge in [-0.1, -0.05) is 33.6 Å². The Kier molecular flexibility index (Phi) is 9.12. The van der Waals surface area contributed by atoms with E-state index in [0.717, 1.165) is 19.5 Å². The molecule has 0 radical (unpaired) electrons. The molecule has 0 aromatic carbocycles. The molecule has 1 N–H and O–H groups in total. The number of aliphatic hydroxyl groups excluding tert-OH is 1. The second-order valence-electron chi connectivity index (χ2n) is 4.46. The van der Waals surface area contributed by atoms with E-state index < -0.39 is 0 Å². The third-order valence-corrected chi connectivity index (χ3v) is 3.15. The number of unbranched alkanes of at least 4 members (excludes halogenated alkanes) is 2. The molecule has 2 unspecified atom stereocenters. The zero-order valence-corrected chi connectivity index (χ0v) is 11.0. The molecule has 0 amide bonds. The molecule has 0 saturated carbocycles. The highest BCUT2D eigenvalue weighted by molar-refractivity contribution is 4.74. The van der Waals surface area contributed by atoms with Crippen molar-refractivity contribution in [3.05, 3.63) is 0 Å². The lowest BCUT2D eigenvalue weighted by molar-refractivity contribution is 0.0542. The SMILES string of the molecule is CCCCN(CCCC)C(C)C(O)CC. The van der Waals surface area contributed by atoms with E-state index in [1.807, 2.05) is 0 Å². The highest BCUT2D eigenvalue weighted by Crippen LogP contribution is 2.10. The van der Waals surface area contributed by atoms with Crippen molar-refractivity contribution in [2.75, 3.05) is 13.1 Å². The van der Waals surface area contributed by atoms with Gasteiger partial charge in [0.15, 0.2) is 0 Å². The average molecular weight is 215 g/mol. The van der Waals surface area contributed by atoms with Gasteiger partial charge in [0.25, 0.3) is 0 Å². The van der Waals surface area contributed by atoms with E-state index in [4.69, 9.17) is 0 Å². The van der Waals surface area contributed by atoms with Crippen molar-refractivity contribution in [3.8, 4) is 0 Å². The van der Waals surface area contributed by atoms with E-state index in [1.54, 1.807) is 0 Å². The minimum atomic E-state index is -0.168. The van der Waals surface area contributed by atoms with Gasteiger partial charge in [-0.15, -0.1) is 0 Å². The molecule has 0 spiro atoms. The molecule has 0 fully saturated rings. The summed E-state index contributed by atoms with van der Waals surface area (Å²) in [5.41, 5.74) is 0. The van der Waals surface area contributed by atoms with Crippen LogP contribution in [0.5, 0.6) is 0 Å². The van der Waals surface area contributed by atoms with Crippen LogP contribution in [0.4, 0.5) is 0 Å². The molecular formula is C13H29NO. The summed E-state index contributed by atoms with van der Waals surface area (Å²) in [5.74, 6) is 0. The van der Waals surface area contributed by atoms with Crippen molar-refractivity contribution in [1.29, 1.82) is 0 Å². The summed E-state index contributed by atoms with van der Waals surface area (Å²) in [4.78, 5) is 2.45. The van der Waals surface area contributed by atoms with Crippen LogP contribution >= 0.6 is 0 Å².